The first-order valence-electron chi connectivity index (χ1n) is 5.33. The van der Waals surface area contributed by atoms with Crippen LogP contribution in [0, 0.1) is 0 Å². The van der Waals surface area contributed by atoms with Crippen molar-refractivity contribution in [2.75, 3.05) is 0 Å². The minimum absolute atomic E-state index is 0.621. The van der Waals surface area contributed by atoms with E-state index in [1.807, 2.05) is 36.4 Å². The molecular weight excluding hydrogens is 200 g/mol. The molecule has 0 heterocycles. The van der Waals surface area contributed by atoms with E-state index in [1.165, 1.54) is 0 Å². The Labute approximate surface area is 93.2 Å². The molecule has 2 aliphatic carbocycles. The second-order valence-electron chi connectivity index (χ2n) is 4.06. The van der Waals surface area contributed by atoms with Crippen LogP contribution in [0.5, 0.6) is 0 Å². The second-order valence-corrected chi connectivity index (χ2v) is 4.06. The Hall–Kier alpha value is -1.64. The maximum absolute atomic E-state index is 9.98. The first kappa shape index (κ1) is 9.58. The van der Waals surface area contributed by atoms with E-state index in [9.17, 15) is 10.2 Å². The molecule has 0 aliphatic heterocycles. The van der Waals surface area contributed by atoms with Crippen LogP contribution in [-0.4, -0.2) is 22.4 Å². The van der Waals surface area contributed by atoms with Crippen LogP contribution in [0.15, 0.2) is 48.1 Å². The van der Waals surface area contributed by atoms with Gasteiger partial charge in [-0.3, -0.25) is 0 Å². The van der Waals surface area contributed by atoms with E-state index < -0.39 is 12.2 Å². The third-order valence-electron chi connectivity index (χ3n) is 3.08. The molecule has 16 heavy (non-hydrogen) atoms. The zero-order valence-electron chi connectivity index (χ0n) is 8.67. The number of aliphatic hydroxyl groups is 2. The number of benzene rings is 1. The number of hydrogen-bond donors (Lipinski definition) is 2. The van der Waals surface area contributed by atoms with E-state index in [-0.39, 0.29) is 0 Å². The Bertz CT molecular complexity index is 608. The molecule has 0 saturated carbocycles. The molecule has 0 spiro atoms. The van der Waals surface area contributed by atoms with Crippen molar-refractivity contribution >= 4 is 11.6 Å². The van der Waals surface area contributed by atoms with Gasteiger partial charge in [-0.1, -0.05) is 42.5 Å². The van der Waals surface area contributed by atoms with Gasteiger partial charge >= 0.3 is 0 Å². The van der Waals surface area contributed by atoms with Crippen LogP contribution < -0.4 is 10.4 Å². The first-order chi connectivity index (χ1) is 7.77. The quantitative estimate of drug-likeness (QED) is 0.628. The highest BCUT2D eigenvalue weighted by atomic mass is 16.3. The molecule has 1 aromatic carbocycles. The first-order valence-corrected chi connectivity index (χ1v) is 5.33. The van der Waals surface area contributed by atoms with Gasteiger partial charge in [0.15, 0.2) is 0 Å². The normalized spacial score (nSPS) is 26.6. The summed E-state index contributed by atoms with van der Waals surface area (Å²) in [5.41, 5.74) is 1.63. The molecule has 2 nitrogen and oxygen atoms in total. The molecule has 2 atom stereocenters. The van der Waals surface area contributed by atoms with E-state index in [4.69, 9.17) is 0 Å². The monoisotopic (exact) mass is 212 g/mol. The summed E-state index contributed by atoms with van der Waals surface area (Å²) in [4.78, 5) is 0. The molecule has 2 N–H and O–H groups in total. The molecule has 0 aromatic heterocycles. The third kappa shape index (κ3) is 1.28. The maximum atomic E-state index is 9.98. The van der Waals surface area contributed by atoms with Gasteiger partial charge in [0.25, 0.3) is 0 Å². The van der Waals surface area contributed by atoms with Crippen molar-refractivity contribution < 1.29 is 10.2 Å². The van der Waals surface area contributed by atoms with Crippen LogP contribution in [-0.2, 0) is 0 Å². The van der Waals surface area contributed by atoms with Gasteiger partial charge in [0.1, 0.15) is 0 Å². The lowest BCUT2D eigenvalue weighted by Gasteiger charge is -2.24. The molecule has 3 rings (SSSR count). The molecule has 2 unspecified atom stereocenters. The van der Waals surface area contributed by atoms with E-state index >= 15 is 0 Å². The topological polar surface area (TPSA) is 40.5 Å². The maximum Gasteiger partial charge on any atom is 0.0984 e. The lowest BCUT2D eigenvalue weighted by molar-refractivity contribution is 0.255. The largest absolute Gasteiger partial charge is 0.384 e. The molecule has 0 radical (unpaired) electrons. The highest BCUT2D eigenvalue weighted by Gasteiger charge is 2.23. The number of allylic oxidation sites excluding steroid dienone is 2. The Morgan fingerprint density at radius 3 is 2.69 bits per heavy atom. The third-order valence-corrected chi connectivity index (χ3v) is 3.08. The molecule has 80 valence electrons. The van der Waals surface area contributed by atoms with Crippen molar-refractivity contribution in [2.45, 2.75) is 12.2 Å². The van der Waals surface area contributed by atoms with Crippen molar-refractivity contribution in [3.8, 4) is 0 Å². The Morgan fingerprint density at radius 1 is 1.00 bits per heavy atom. The summed E-state index contributed by atoms with van der Waals surface area (Å²) in [6.07, 6.45) is 5.95. The van der Waals surface area contributed by atoms with Gasteiger partial charge in [-0.05, 0) is 27.7 Å². The van der Waals surface area contributed by atoms with Gasteiger partial charge < -0.3 is 10.2 Å². The summed E-state index contributed by atoms with van der Waals surface area (Å²) in [5.74, 6) is 0. The second kappa shape index (κ2) is 3.44. The van der Waals surface area contributed by atoms with Crippen molar-refractivity contribution in [3.63, 3.8) is 0 Å². The molecule has 0 saturated heterocycles. The summed E-state index contributed by atoms with van der Waals surface area (Å²) in [5, 5.41) is 22.0. The fraction of sp³-hybridized carbons (Fsp3) is 0.143. The fourth-order valence-corrected chi connectivity index (χ4v) is 2.34. The summed E-state index contributed by atoms with van der Waals surface area (Å²) in [6, 6.07) is 7.80. The summed E-state index contributed by atoms with van der Waals surface area (Å²) in [6.45, 7) is 0. The molecular formula is C14H12O2. The van der Waals surface area contributed by atoms with Gasteiger partial charge in [0.2, 0.25) is 0 Å². The van der Waals surface area contributed by atoms with Gasteiger partial charge in [0, 0.05) is 0 Å². The van der Waals surface area contributed by atoms with E-state index in [0.717, 1.165) is 21.6 Å². The van der Waals surface area contributed by atoms with Gasteiger partial charge in [-0.2, -0.15) is 0 Å². The molecule has 1 aromatic rings. The fourth-order valence-electron chi connectivity index (χ4n) is 2.34. The minimum atomic E-state index is -0.621. The zero-order valence-corrected chi connectivity index (χ0v) is 8.67. The van der Waals surface area contributed by atoms with E-state index in [2.05, 4.69) is 0 Å². The Morgan fingerprint density at radius 2 is 1.81 bits per heavy atom. The summed E-state index contributed by atoms with van der Waals surface area (Å²) in [7, 11) is 0. The van der Waals surface area contributed by atoms with Crippen LogP contribution in [0.3, 0.4) is 0 Å². The number of rotatable bonds is 0. The molecule has 0 amide bonds. The van der Waals surface area contributed by atoms with Crippen LogP contribution in [0.2, 0.25) is 0 Å². The molecule has 2 heteroatoms. The van der Waals surface area contributed by atoms with Gasteiger partial charge in [0.05, 0.1) is 12.2 Å². The predicted octanol–water partition coefficient (Wildman–Crippen LogP) is -0.151. The van der Waals surface area contributed by atoms with Crippen molar-refractivity contribution in [1.29, 1.82) is 0 Å². The van der Waals surface area contributed by atoms with Crippen molar-refractivity contribution in [1.82, 2.24) is 0 Å². The van der Waals surface area contributed by atoms with E-state index in [0.29, 0.717) is 0 Å². The minimum Gasteiger partial charge on any atom is -0.384 e. The lowest BCUT2D eigenvalue weighted by atomic mass is 9.86. The number of fused-ring (bicyclic) bond motifs is 2. The van der Waals surface area contributed by atoms with Crippen molar-refractivity contribution in [2.24, 2.45) is 0 Å². The van der Waals surface area contributed by atoms with Crippen molar-refractivity contribution in [3.05, 3.63) is 58.5 Å². The molecule has 2 aliphatic rings. The van der Waals surface area contributed by atoms with Crippen LogP contribution in [0.4, 0.5) is 0 Å². The highest BCUT2D eigenvalue weighted by molar-refractivity contribution is 5.77. The predicted molar refractivity (Wildman–Crippen MR) is 62.8 cm³/mol. The SMILES string of the molecule is OC1C=c2ccccc2=C2C1=CC=CC2O. The summed E-state index contributed by atoms with van der Waals surface area (Å²) < 4.78 is 0. The molecule has 0 bridgehead atoms. The Balaban J connectivity index is 2.44. The zero-order chi connectivity index (χ0) is 11.1. The standard InChI is InChI=1S/C14H12O2/c15-12-7-3-6-11-13(16)8-9-4-1-2-5-10(9)14(11)12/h1-8,12-13,15-16H. The average Bonchev–Trinajstić information content (AvgIpc) is 2.30. The Kier molecular flexibility index (Phi) is 2.06. The molecule has 0 fully saturated rings. The number of aliphatic hydroxyl groups excluding tert-OH is 2. The average molecular weight is 212 g/mol. The van der Waals surface area contributed by atoms with Crippen LogP contribution in [0.1, 0.15) is 0 Å². The van der Waals surface area contributed by atoms with Gasteiger partial charge in [-0.15, -0.1) is 0 Å². The number of hydrogen-bond acceptors (Lipinski definition) is 2. The van der Waals surface area contributed by atoms with Gasteiger partial charge in [-0.25, -0.2) is 0 Å². The lowest BCUT2D eigenvalue weighted by Crippen LogP contribution is -2.38. The van der Waals surface area contributed by atoms with Crippen LogP contribution in [0.25, 0.3) is 11.6 Å². The van der Waals surface area contributed by atoms with Crippen LogP contribution >= 0.6 is 0 Å². The van der Waals surface area contributed by atoms with E-state index in [1.54, 1.807) is 12.2 Å². The highest BCUT2D eigenvalue weighted by Crippen LogP contribution is 2.25. The smallest absolute Gasteiger partial charge is 0.0984 e. The summed E-state index contributed by atoms with van der Waals surface area (Å²) >= 11 is 0.